The fourth-order valence-corrected chi connectivity index (χ4v) is 2.71. The van der Waals surface area contributed by atoms with Crippen LogP contribution in [0.3, 0.4) is 0 Å². The van der Waals surface area contributed by atoms with Gasteiger partial charge in [-0.2, -0.15) is 0 Å². The number of nitrogens with two attached hydrogens (primary N) is 1. The van der Waals surface area contributed by atoms with Gasteiger partial charge in [-0.25, -0.2) is 0 Å². The van der Waals surface area contributed by atoms with Gasteiger partial charge in [0.2, 0.25) is 0 Å². The molecular formula is C24H22N2O4. The minimum absolute atomic E-state index is 0.00824. The van der Waals surface area contributed by atoms with Crippen LogP contribution in [0.5, 0.6) is 11.5 Å². The molecule has 0 saturated heterocycles. The van der Waals surface area contributed by atoms with Gasteiger partial charge in [-0.15, -0.1) is 0 Å². The molecule has 0 aliphatic heterocycles. The average Bonchev–Trinajstić information content (AvgIpc) is 2.78. The van der Waals surface area contributed by atoms with Crippen molar-refractivity contribution in [3.8, 4) is 11.5 Å². The number of primary amides is 1. The molecule has 0 heterocycles. The Labute approximate surface area is 174 Å². The number of nitrogens with one attached hydrogen (secondary N) is 1. The number of hydrogen-bond acceptors (Lipinski definition) is 4. The first kappa shape index (κ1) is 20.7. The van der Waals surface area contributed by atoms with Crippen LogP contribution in [0.1, 0.15) is 21.5 Å². The van der Waals surface area contributed by atoms with Crippen molar-refractivity contribution in [3.63, 3.8) is 0 Å². The maximum atomic E-state index is 12.3. The zero-order chi connectivity index (χ0) is 21.3. The Kier molecular flexibility index (Phi) is 6.84. The monoisotopic (exact) mass is 402 g/mol. The maximum Gasteiger partial charge on any atom is 0.265 e. The van der Waals surface area contributed by atoms with Crippen molar-refractivity contribution in [2.24, 2.45) is 5.73 Å². The average molecular weight is 402 g/mol. The van der Waals surface area contributed by atoms with E-state index in [-0.39, 0.29) is 5.70 Å². The number of carbonyl (C=O) groups is 2. The van der Waals surface area contributed by atoms with E-state index in [1.807, 2.05) is 24.3 Å². The van der Waals surface area contributed by atoms with Crippen molar-refractivity contribution in [1.29, 1.82) is 0 Å². The van der Waals surface area contributed by atoms with E-state index in [1.54, 1.807) is 61.7 Å². The van der Waals surface area contributed by atoms with Gasteiger partial charge in [0.25, 0.3) is 11.8 Å². The lowest BCUT2D eigenvalue weighted by Crippen LogP contribution is -2.31. The molecule has 0 aliphatic carbocycles. The molecule has 6 nitrogen and oxygen atoms in total. The normalized spacial score (nSPS) is 10.9. The van der Waals surface area contributed by atoms with E-state index in [4.69, 9.17) is 15.2 Å². The topological polar surface area (TPSA) is 90.7 Å². The van der Waals surface area contributed by atoms with Crippen molar-refractivity contribution >= 4 is 17.9 Å². The van der Waals surface area contributed by atoms with Gasteiger partial charge in [0, 0.05) is 5.56 Å². The molecule has 3 N–H and O–H groups in total. The van der Waals surface area contributed by atoms with E-state index in [1.165, 1.54) is 6.08 Å². The van der Waals surface area contributed by atoms with Crippen LogP contribution in [0.25, 0.3) is 6.08 Å². The Morgan fingerprint density at radius 2 is 1.67 bits per heavy atom. The molecule has 6 heteroatoms. The van der Waals surface area contributed by atoms with E-state index in [9.17, 15) is 9.59 Å². The van der Waals surface area contributed by atoms with Gasteiger partial charge in [-0.3, -0.25) is 9.59 Å². The summed E-state index contributed by atoms with van der Waals surface area (Å²) in [5, 5.41) is 2.56. The largest absolute Gasteiger partial charge is 0.497 e. The van der Waals surface area contributed by atoms with E-state index in [2.05, 4.69) is 5.32 Å². The smallest absolute Gasteiger partial charge is 0.265 e. The first-order valence-corrected chi connectivity index (χ1v) is 9.29. The van der Waals surface area contributed by atoms with Crippen molar-refractivity contribution in [2.45, 2.75) is 6.61 Å². The number of benzene rings is 3. The predicted octanol–water partition coefficient (Wildman–Crippen LogP) is 3.53. The van der Waals surface area contributed by atoms with Crippen LogP contribution in [0.4, 0.5) is 0 Å². The van der Waals surface area contributed by atoms with Crippen LogP contribution in [0.2, 0.25) is 0 Å². The molecule has 2 amide bonds. The Morgan fingerprint density at radius 1 is 0.933 bits per heavy atom. The standard InChI is InChI=1S/C24H22N2O4/c1-29-21-9-5-6-18(14-21)16-30-20-12-10-17(11-13-20)15-22(23(25)27)26-24(28)19-7-3-2-4-8-19/h2-15H,16H2,1H3,(H2,25,27)(H,26,28)/b22-15-. The zero-order valence-corrected chi connectivity index (χ0v) is 16.5. The Morgan fingerprint density at radius 3 is 2.33 bits per heavy atom. The zero-order valence-electron chi connectivity index (χ0n) is 16.5. The Bertz CT molecular complexity index is 1040. The summed E-state index contributed by atoms with van der Waals surface area (Å²) in [4.78, 5) is 24.0. The van der Waals surface area contributed by atoms with Crippen LogP contribution in [0, 0.1) is 0 Å². The van der Waals surface area contributed by atoms with Gasteiger partial charge in [0.1, 0.15) is 23.8 Å². The van der Waals surface area contributed by atoms with Crippen molar-refractivity contribution < 1.29 is 19.1 Å². The Hall–Kier alpha value is -4.06. The summed E-state index contributed by atoms with van der Waals surface area (Å²) in [5.41, 5.74) is 7.55. The number of ether oxygens (including phenoxy) is 2. The fourth-order valence-electron chi connectivity index (χ4n) is 2.71. The number of methoxy groups -OCH3 is 1. The molecule has 0 atom stereocenters. The SMILES string of the molecule is COc1cccc(COc2ccc(/C=C(\NC(=O)c3ccccc3)C(N)=O)cc2)c1. The van der Waals surface area contributed by atoms with Gasteiger partial charge in [0.15, 0.2) is 0 Å². The molecule has 0 bridgehead atoms. The highest BCUT2D eigenvalue weighted by atomic mass is 16.5. The number of amides is 2. The minimum Gasteiger partial charge on any atom is -0.497 e. The van der Waals surface area contributed by atoms with Crippen molar-refractivity contribution in [3.05, 3.63) is 101 Å². The number of rotatable bonds is 8. The van der Waals surface area contributed by atoms with Gasteiger partial charge >= 0.3 is 0 Å². The third-order valence-electron chi connectivity index (χ3n) is 4.28. The molecule has 0 aliphatic rings. The summed E-state index contributed by atoms with van der Waals surface area (Å²) < 4.78 is 11.0. The molecular weight excluding hydrogens is 380 g/mol. The number of hydrogen-bond donors (Lipinski definition) is 2. The molecule has 0 aromatic heterocycles. The van der Waals surface area contributed by atoms with E-state index in [0.717, 1.165) is 11.3 Å². The summed E-state index contributed by atoms with van der Waals surface area (Å²) in [6.45, 7) is 0.395. The molecule has 0 unspecified atom stereocenters. The Balaban J connectivity index is 1.66. The third kappa shape index (κ3) is 5.72. The maximum absolute atomic E-state index is 12.3. The van der Waals surface area contributed by atoms with Crippen molar-refractivity contribution in [2.75, 3.05) is 7.11 Å². The molecule has 0 fully saturated rings. The van der Waals surface area contributed by atoms with Gasteiger partial charge in [-0.1, -0.05) is 42.5 Å². The lowest BCUT2D eigenvalue weighted by atomic mass is 10.1. The van der Waals surface area contributed by atoms with E-state index < -0.39 is 11.8 Å². The third-order valence-corrected chi connectivity index (χ3v) is 4.28. The van der Waals surface area contributed by atoms with E-state index >= 15 is 0 Å². The van der Waals surface area contributed by atoms with Crippen molar-refractivity contribution in [1.82, 2.24) is 5.32 Å². The van der Waals surface area contributed by atoms with Gasteiger partial charge in [0.05, 0.1) is 7.11 Å². The molecule has 3 aromatic carbocycles. The summed E-state index contributed by atoms with van der Waals surface area (Å²) in [5.74, 6) is 0.313. The summed E-state index contributed by atoms with van der Waals surface area (Å²) in [7, 11) is 1.62. The molecule has 3 rings (SSSR count). The predicted molar refractivity (Wildman–Crippen MR) is 115 cm³/mol. The summed E-state index contributed by atoms with van der Waals surface area (Å²) in [6, 6.07) is 23.4. The van der Waals surface area contributed by atoms with E-state index in [0.29, 0.717) is 23.5 Å². The van der Waals surface area contributed by atoms with Crippen LogP contribution < -0.4 is 20.5 Å². The van der Waals surface area contributed by atoms with Crippen LogP contribution in [-0.4, -0.2) is 18.9 Å². The lowest BCUT2D eigenvalue weighted by molar-refractivity contribution is -0.114. The summed E-state index contributed by atoms with van der Waals surface area (Å²) >= 11 is 0. The first-order valence-electron chi connectivity index (χ1n) is 9.29. The summed E-state index contributed by atoms with van der Waals surface area (Å²) in [6.07, 6.45) is 1.52. The van der Waals surface area contributed by atoms with Crippen LogP contribution >= 0.6 is 0 Å². The number of carbonyl (C=O) groups excluding carboxylic acids is 2. The lowest BCUT2D eigenvalue weighted by Gasteiger charge is -2.09. The quantitative estimate of drug-likeness (QED) is 0.564. The van der Waals surface area contributed by atoms with Crippen LogP contribution in [0.15, 0.2) is 84.6 Å². The highest BCUT2D eigenvalue weighted by Gasteiger charge is 2.11. The minimum atomic E-state index is -0.724. The first-order chi connectivity index (χ1) is 14.5. The molecule has 0 saturated carbocycles. The molecule has 30 heavy (non-hydrogen) atoms. The highest BCUT2D eigenvalue weighted by Crippen LogP contribution is 2.18. The fraction of sp³-hybridized carbons (Fsp3) is 0.0833. The second kappa shape index (κ2) is 9.93. The molecule has 152 valence electrons. The highest BCUT2D eigenvalue weighted by molar-refractivity contribution is 6.04. The van der Waals surface area contributed by atoms with Gasteiger partial charge < -0.3 is 20.5 Å². The molecule has 3 aromatic rings. The second-order valence-corrected chi connectivity index (χ2v) is 6.45. The second-order valence-electron chi connectivity index (χ2n) is 6.45. The molecule has 0 spiro atoms. The van der Waals surface area contributed by atoms with Crippen LogP contribution in [-0.2, 0) is 11.4 Å². The van der Waals surface area contributed by atoms with Gasteiger partial charge in [-0.05, 0) is 53.6 Å². The molecule has 0 radical (unpaired) electrons.